The number of piperidine rings is 1. The molecular formula is C26H45N3O4. The first-order chi connectivity index (χ1) is 15.1. The van der Waals surface area contributed by atoms with Crippen LogP contribution in [0.4, 0.5) is 0 Å². The Balaban J connectivity index is 0.00000322. The molecule has 1 fully saturated rings. The number of carboxylic acid groups (broad SMARTS) is 1. The van der Waals surface area contributed by atoms with Crippen molar-refractivity contribution in [3.63, 3.8) is 0 Å². The lowest BCUT2D eigenvalue weighted by Crippen LogP contribution is -2.61. The summed E-state index contributed by atoms with van der Waals surface area (Å²) in [4.78, 5) is 40.8. The van der Waals surface area contributed by atoms with Gasteiger partial charge < -0.3 is 15.3 Å². The molecule has 7 nitrogen and oxygen atoms in total. The number of nitrogens with zero attached hydrogens (tertiary/aromatic N) is 2. The van der Waals surface area contributed by atoms with Crippen LogP contribution in [0.15, 0.2) is 11.6 Å². The van der Waals surface area contributed by atoms with E-state index in [1.807, 2.05) is 39.5 Å². The van der Waals surface area contributed by atoms with Gasteiger partial charge in [-0.1, -0.05) is 59.5 Å². The van der Waals surface area contributed by atoms with Crippen molar-refractivity contribution in [2.45, 2.75) is 98.7 Å². The summed E-state index contributed by atoms with van der Waals surface area (Å²) in [7, 11) is 1.60. The molecule has 1 heterocycles. The summed E-state index contributed by atoms with van der Waals surface area (Å²) in [5, 5.41) is 12.0. The van der Waals surface area contributed by atoms with Crippen molar-refractivity contribution in [2.75, 3.05) is 20.1 Å². The summed E-state index contributed by atoms with van der Waals surface area (Å²) in [5.41, 5.74) is -0.909. The molecule has 0 spiro atoms. The molecule has 0 aromatic carbocycles. The number of nitrogens with one attached hydrogen (secondary N) is 1. The van der Waals surface area contributed by atoms with Crippen molar-refractivity contribution in [1.29, 1.82) is 0 Å². The maximum atomic E-state index is 13.2. The zero-order valence-corrected chi connectivity index (χ0v) is 22.1. The predicted octanol–water partition coefficient (Wildman–Crippen LogP) is 3.69. The fraction of sp³-hybridized carbons (Fsp3) is 0.731. The molecule has 188 valence electrons. The van der Waals surface area contributed by atoms with E-state index in [1.54, 1.807) is 7.05 Å². The van der Waals surface area contributed by atoms with E-state index in [0.717, 1.165) is 19.4 Å². The Bertz CT molecular complexity index is 744. The Kier molecular flexibility index (Phi) is 12.4. The molecule has 1 aliphatic rings. The van der Waals surface area contributed by atoms with Gasteiger partial charge >= 0.3 is 5.97 Å². The molecule has 0 aliphatic carbocycles. The third-order valence-electron chi connectivity index (χ3n) is 5.66. The first-order valence-corrected chi connectivity index (χ1v) is 11.8. The number of amides is 2. The molecule has 2 amide bonds. The van der Waals surface area contributed by atoms with E-state index < -0.39 is 23.0 Å². The molecule has 1 saturated heterocycles. The van der Waals surface area contributed by atoms with Crippen LogP contribution in [0.3, 0.4) is 0 Å². The van der Waals surface area contributed by atoms with Crippen molar-refractivity contribution >= 4 is 17.8 Å². The van der Waals surface area contributed by atoms with Gasteiger partial charge in [0.2, 0.25) is 11.8 Å². The second-order valence-electron chi connectivity index (χ2n) is 10.3. The monoisotopic (exact) mass is 463 g/mol. The number of rotatable bonds is 7. The Hall–Kier alpha value is -2.33. The van der Waals surface area contributed by atoms with Crippen LogP contribution in [-0.4, -0.2) is 70.4 Å². The van der Waals surface area contributed by atoms with Gasteiger partial charge in [-0.05, 0) is 39.0 Å². The summed E-state index contributed by atoms with van der Waals surface area (Å²) < 4.78 is 0. The Morgan fingerprint density at radius 2 is 1.76 bits per heavy atom. The van der Waals surface area contributed by atoms with Gasteiger partial charge in [0.25, 0.3) is 0 Å². The molecule has 0 aromatic rings. The first-order valence-electron chi connectivity index (χ1n) is 11.8. The van der Waals surface area contributed by atoms with E-state index in [2.05, 4.69) is 25.1 Å². The number of carbonyl (C=O) groups is 3. The highest BCUT2D eigenvalue weighted by atomic mass is 16.4. The maximum Gasteiger partial charge on any atom is 0.331 e. The molecule has 33 heavy (non-hydrogen) atoms. The third-order valence-corrected chi connectivity index (χ3v) is 5.66. The summed E-state index contributed by atoms with van der Waals surface area (Å²) in [6, 6.07) is -1.13. The SMILES string of the molecule is C#CC(C)(C)N1CCCCC1C(=O)NC(C(=O)N(C)C/C=C(\C)C(=O)O)C(C)(C)C.CCC. The number of carbonyl (C=O) groups excluding carboxylic acids is 2. The molecule has 0 bridgehead atoms. The minimum Gasteiger partial charge on any atom is -0.478 e. The van der Waals surface area contributed by atoms with Crippen LogP contribution >= 0.6 is 0 Å². The first kappa shape index (κ1) is 30.7. The number of carboxylic acids is 1. The van der Waals surface area contributed by atoms with Gasteiger partial charge in [-0.2, -0.15) is 0 Å². The molecule has 2 unspecified atom stereocenters. The molecule has 1 aliphatic heterocycles. The number of terminal acetylenes is 1. The Labute approximate surface area is 201 Å². The van der Waals surface area contributed by atoms with Crippen molar-refractivity contribution in [1.82, 2.24) is 15.1 Å². The van der Waals surface area contributed by atoms with E-state index in [0.29, 0.717) is 6.42 Å². The van der Waals surface area contributed by atoms with Gasteiger partial charge in [-0.3, -0.25) is 14.5 Å². The molecule has 0 radical (unpaired) electrons. The standard InChI is InChI=1S/C23H37N3O4.C3H8/c1-9-23(6,7)26-14-11-10-12-17(26)19(27)24-18(22(3,4)5)20(28)25(8)15-13-16(2)21(29)30;1-3-2/h1,13,17-18H,10-12,14-15H2,2-8H3,(H,24,27)(H,29,30);3H2,1-2H3/b16-13+;. The highest BCUT2D eigenvalue weighted by Crippen LogP contribution is 2.27. The summed E-state index contributed by atoms with van der Waals surface area (Å²) in [6.45, 7) is 16.2. The van der Waals surface area contributed by atoms with Crippen LogP contribution < -0.4 is 5.32 Å². The average molecular weight is 464 g/mol. The molecule has 7 heteroatoms. The van der Waals surface area contributed by atoms with Crippen molar-refractivity contribution in [3.05, 3.63) is 11.6 Å². The minimum atomic E-state index is -1.02. The normalized spacial score (nSPS) is 18.3. The quantitative estimate of drug-likeness (QED) is 0.444. The zero-order valence-electron chi connectivity index (χ0n) is 22.1. The van der Waals surface area contributed by atoms with Crippen molar-refractivity contribution < 1.29 is 19.5 Å². The number of hydrogen-bond acceptors (Lipinski definition) is 4. The summed E-state index contributed by atoms with van der Waals surface area (Å²) >= 11 is 0. The average Bonchev–Trinajstić information content (AvgIpc) is 2.74. The number of aliphatic carboxylic acids is 1. The van der Waals surface area contributed by atoms with E-state index in [9.17, 15) is 14.4 Å². The zero-order chi connectivity index (χ0) is 26.0. The van der Waals surface area contributed by atoms with Crippen molar-refractivity contribution in [2.24, 2.45) is 5.41 Å². The lowest BCUT2D eigenvalue weighted by atomic mass is 9.85. The topological polar surface area (TPSA) is 90.0 Å². The van der Waals surface area contributed by atoms with Gasteiger partial charge in [0, 0.05) is 25.7 Å². The minimum absolute atomic E-state index is 0.152. The van der Waals surface area contributed by atoms with Crippen LogP contribution in [0.5, 0.6) is 0 Å². The lowest BCUT2D eigenvalue weighted by molar-refractivity contribution is -0.140. The van der Waals surface area contributed by atoms with E-state index >= 15 is 0 Å². The molecule has 0 aromatic heterocycles. The van der Waals surface area contributed by atoms with Gasteiger partial charge in [-0.25, -0.2) is 4.79 Å². The summed E-state index contributed by atoms with van der Waals surface area (Å²) in [6.07, 6.45) is 11.0. The molecular weight excluding hydrogens is 418 g/mol. The fourth-order valence-corrected chi connectivity index (χ4v) is 3.51. The van der Waals surface area contributed by atoms with Crippen LogP contribution in [0.25, 0.3) is 0 Å². The number of likely N-dealkylation sites (tertiary alicyclic amines) is 1. The van der Waals surface area contributed by atoms with Crippen molar-refractivity contribution in [3.8, 4) is 12.3 Å². The van der Waals surface area contributed by atoms with E-state index in [1.165, 1.54) is 24.3 Å². The van der Waals surface area contributed by atoms with Gasteiger partial charge in [0.05, 0.1) is 11.6 Å². The van der Waals surface area contributed by atoms with Crippen LogP contribution in [0.1, 0.15) is 81.1 Å². The highest BCUT2D eigenvalue weighted by molar-refractivity contribution is 5.90. The fourth-order valence-electron chi connectivity index (χ4n) is 3.51. The van der Waals surface area contributed by atoms with Gasteiger partial charge in [0.15, 0.2) is 0 Å². The second-order valence-corrected chi connectivity index (χ2v) is 10.3. The molecule has 0 saturated carbocycles. The van der Waals surface area contributed by atoms with Gasteiger partial charge in [-0.15, -0.1) is 6.42 Å². The largest absolute Gasteiger partial charge is 0.478 e. The third kappa shape index (κ3) is 9.59. The molecule has 1 rings (SSSR count). The summed E-state index contributed by atoms with van der Waals surface area (Å²) in [5.74, 6) is 1.29. The van der Waals surface area contributed by atoms with E-state index in [-0.39, 0.29) is 30.0 Å². The lowest BCUT2D eigenvalue weighted by Gasteiger charge is -2.44. The second kappa shape index (κ2) is 13.4. The maximum absolute atomic E-state index is 13.2. The predicted molar refractivity (Wildman–Crippen MR) is 134 cm³/mol. The van der Waals surface area contributed by atoms with E-state index in [4.69, 9.17) is 11.5 Å². The molecule has 2 N–H and O–H groups in total. The van der Waals surface area contributed by atoms with Gasteiger partial charge in [0.1, 0.15) is 6.04 Å². The smallest absolute Gasteiger partial charge is 0.331 e. The highest BCUT2D eigenvalue weighted by Gasteiger charge is 2.41. The number of likely N-dealkylation sites (N-methyl/N-ethyl adjacent to an activating group) is 1. The van der Waals surface area contributed by atoms with Crippen LogP contribution in [0.2, 0.25) is 0 Å². The Morgan fingerprint density at radius 1 is 1.21 bits per heavy atom. The van der Waals surface area contributed by atoms with Crippen LogP contribution in [-0.2, 0) is 14.4 Å². The van der Waals surface area contributed by atoms with Crippen LogP contribution in [0, 0.1) is 17.8 Å². The molecule has 2 atom stereocenters. The Morgan fingerprint density at radius 3 is 2.21 bits per heavy atom. The number of hydrogen-bond donors (Lipinski definition) is 2.